The van der Waals surface area contributed by atoms with E-state index in [0.717, 1.165) is 38.2 Å². The molecule has 5 heteroatoms. The van der Waals surface area contributed by atoms with Crippen molar-refractivity contribution in [1.82, 2.24) is 14.8 Å². The molecule has 3 rings (SSSR count). The summed E-state index contributed by atoms with van der Waals surface area (Å²) in [4.78, 5) is 14.5. The first-order valence-corrected chi connectivity index (χ1v) is 6.93. The van der Waals surface area contributed by atoms with E-state index in [2.05, 4.69) is 16.8 Å². The van der Waals surface area contributed by atoms with Gasteiger partial charge in [0, 0.05) is 37.9 Å². The topological polar surface area (TPSA) is 37.3 Å². The van der Waals surface area contributed by atoms with Crippen LogP contribution in [0.15, 0.2) is 12.3 Å². The van der Waals surface area contributed by atoms with Gasteiger partial charge in [0.1, 0.15) is 5.69 Å². The summed E-state index contributed by atoms with van der Waals surface area (Å²) in [6, 6.07) is 2.65. The fraction of sp³-hybridized carbons (Fsp3) is 0.615. The van der Waals surface area contributed by atoms with Crippen molar-refractivity contribution in [2.24, 2.45) is 0 Å². The Kier molecular flexibility index (Phi) is 3.08. The van der Waals surface area contributed by atoms with Crippen molar-refractivity contribution in [3.63, 3.8) is 0 Å². The molecule has 2 aliphatic rings. The van der Waals surface area contributed by atoms with E-state index in [-0.39, 0.29) is 5.91 Å². The maximum atomic E-state index is 12.5. The average Bonchev–Trinajstić information content (AvgIpc) is 3.12. The van der Waals surface area contributed by atoms with Crippen LogP contribution in [0.2, 0.25) is 5.02 Å². The molecule has 0 spiro atoms. The third-order valence-corrected chi connectivity index (χ3v) is 3.84. The fourth-order valence-corrected chi connectivity index (χ4v) is 2.76. The summed E-state index contributed by atoms with van der Waals surface area (Å²) in [5, 5.41) is 4.01. The van der Waals surface area contributed by atoms with Gasteiger partial charge >= 0.3 is 0 Å². The highest BCUT2D eigenvalue weighted by molar-refractivity contribution is 6.31. The summed E-state index contributed by atoms with van der Waals surface area (Å²) in [7, 11) is 0. The van der Waals surface area contributed by atoms with Crippen LogP contribution in [0.3, 0.4) is 0 Å². The summed E-state index contributed by atoms with van der Waals surface area (Å²) in [6.07, 6.45) is 4.20. The summed E-state index contributed by atoms with van der Waals surface area (Å²) in [6.45, 7) is 4.51. The Morgan fingerprint density at radius 2 is 2.28 bits per heavy atom. The van der Waals surface area contributed by atoms with Gasteiger partial charge in [-0.15, -0.1) is 0 Å². The number of hydrogen-bond acceptors (Lipinski definition) is 2. The third-order valence-electron chi connectivity index (χ3n) is 3.63. The predicted molar refractivity (Wildman–Crippen MR) is 71.1 cm³/mol. The Hall–Kier alpha value is -1.00. The summed E-state index contributed by atoms with van der Waals surface area (Å²) in [5.74, 6) is 0.113. The smallest absolute Gasteiger partial charge is 0.270 e. The lowest BCUT2D eigenvalue weighted by Gasteiger charge is -2.32. The van der Waals surface area contributed by atoms with Crippen LogP contribution in [-0.4, -0.2) is 41.1 Å². The van der Waals surface area contributed by atoms with Gasteiger partial charge in [-0.2, -0.15) is 0 Å². The van der Waals surface area contributed by atoms with Crippen LogP contribution in [0.4, 0.5) is 0 Å². The van der Waals surface area contributed by atoms with E-state index in [1.54, 1.807) is 6.07 Å². The van der Waals surface area contributed by atoms with Crippen molar-refractivity contribution >= 4 is 17.5 Å². The first-order chi connectivity index (χ1) is 8.65. The molecule has 1 amide bonds. The molecule has 1 saturated carbocycles. The van der Waals surface area contributed by atoms with Crippen molar-refractivity contribution in [3.05, 3.63) is 23.0 Å². The number of hydrogen-bond donors (Lipinski definition) is 1. The quantitative estimate of drug-likeness (QED) is 0.889. The van der Waals surface area contributed by atoms with Crippen LogP contribution in [0, 0.1) is 0 Å². The van der Waals surface area contributed by atoms with E-state index < -0.39 is 0 Å². The molecule has 98 valence electrons. The molecular weight excluding hydrogens is 250 g/mol. The van der Waals surface area contributed by atoms with Gasteiger partial charge in [0.25, 0.3) is 5.91 Å². The molecule has 1 aliphatic carbocycles. The average molecular weight is 268 g/mol. The van der Waals surface area contributed by atoms with E-state index >= 15 is 0 Å². The van der Waals surface area contributed by atoms with E-state index in [9.17, 15) is 4.79 Å². The van der Waals surface area contributed by atoms with Crippen LogP contribution in [0.5, 0.6) is 0 Å². The van der Waals surface area contributed by atoms with Crippen LogP contribution in [0.25, 0.3) is 0 Å². The Morgan fingerprint density at radius 1 is 1.50 bits per heavy atom. The molecule has 1 saturated heterocycles. The maximum Gasteiger partial charge on any atom is 0.270 e. The number of carbonyl (C=O) groups excluding carboxylic acids is 1. The van der Waals surface area contributed by atoms with Crippen molar-refractivity contribution in [3.8, 4) is 0 Å². The van der Waals surface area contributed by atoms with Crippen molar-refractivity contribution < 1.29 is 4.79 Å². The number of carbonyl (C=O) groups is 1. The molecule has 1 aromatic rings. The third kappa shape index (κ3) is 2.27. The highest BCUT2D eigenvalue weighted by Crippen LogP contribution is 2.37. The Morgan fingerprint density at radius 3 is 2.94 bits per heavy atom. The number of nitrogens with one attached hydrogen (secondary N) is 1. The molecule has 1 aliphatic heterocycles. The second kappa shape index (κ2) is 4.59. The molecule has 0 aromatic carbocycles. The minimum absolute atomic E-state index is 0.113. The highest BCUT2D eigenvalue weighted by atomic mass is 35.5. The van der Waals surface area contributed by atoms with Gasteiger partial charge in [0.15, 0.2) is 0 Å². The molecular formula is C13H18ClN3O. The van der Waals surface area contributed by atoms with E-state index in [1.807, 2.05) is 11.1 Å². The van der Waals surface area contributed by atoms with Crippen molar-refractivity contribution in [1.29, 1.82) is 0 Å². The molecule has 0 bridgehead atoms. The van der Waals surface area contributed by atoms with Gasteiger partial charge in [0.2, 0.25) is 0 Å². The van der Waals surface area contributed by atoms with E-state index in [4.69, 9.17) is 11.6 Å². The molecule has 1 unspecified atom stereocenters. The van der Waals surface area contributed by atoms with Crippen LogP contribution in [-0.2, 0) is 0 Å². The first kappa shape index (κ1) is 12.1. The zero-order valence-electron chi connectivity index (χ0n) is 10.5. The Labute approximate surface area is 112 Å². The summed E-state index contributed by atoms with van der Waals surface area (Å²) in [5.41, 5.74) is 0.747. The molecule has 4 nitrogen and oxygen atoms in total. The number of halogens is 1. The second-order valence-electron chi connectivity index (χ2n) is 5.29. The van der Waals surface area contributed by atoms with Crippen LogP contribution >= 0.6 is 11.6 Å². The van der Waals surface area contributed by atoms with Crippen molar-refractivity contribution in [2.45, 2.75) is 31.8 Å². The molecule has 1 atom stereocenters. The number of piperazine rings is 1. The highest BCUT2D eigenvalue weighted by Gasteiger charge is 2.30. The van der Waals surface area contributed by atoms with E-state index in [0.29, 0.717) is 17.1 Å². The van der Waals surface area contributed by atoms with Gasteiger partial charge < -0.3 is 14.8 Å². The minimum atomic E-state index is 0.113. The molecule has 18 heavy (non-hydrogen) atoms. The number of nitrogens with zero attached hydrogens (tertiary/aromatic N) is 2. The molecule has 1 N–H and O–H groups in total. The van der Waals surface area contributed by atoms with Gasteiger partial charge in [-0.25, -0.2) is 0 Å². The molecule has 0 radical (unpaired) electrons. The van der Waals surface area contributed by atoms with Gasteiger partial charge in [-0.3, -0.25) is 4.79 Å². The largest absolute Gasteiger partial charge is 0.339 e. The first-order valence-electron chi connectivity index (χ1n) is 6.55. The monoisotopic (exact) mass is 267 g/mol. The number of aromatic nitrogens is 1. The van der Waals surface area contributed by atoms with Crippen LogP contribution < -0.4 is 5.32 Å². The zero-order chi connectivity index (χ0) is 12.7. The predicted octanol–water partition coefficient (Wildman–Crippen LogP) is 1.91. The van der Waals surface area contributed by atoms with Gasteiger partial charge in [-0.1, -0.05) is 11.6 Å². The standard InChI is InChI=1S/C13H18ClN3O/c1-9-7-16(5-4-15-9)13(18)12-6-10(14)8-17(12)11-2-3-11/h6,8-9,11,15H,2-5,7H2,1H3. The lowest BCUT2D eigenvalue weighted by molar-refractivity contribution is 0.0698. The number of amides is 1. The van der Waals surface area contributed by atoms with Gasteiger partial charge in [-0.05, 0) is 25.8 Å². The summed E-state index contributed by atoms with van der Waals surface area (Å²) >= 11 is 6.05. The van der Waals surface area contributed by atoms with Crippen LogP contribution in [0.1, 0.15) is 36.3 Å². The van der Waals surface area contributed by atoms with Gasteiger partial charge in [0.05, 0.1) is 5.02 Å². The molecule has 2 heterocycles. The zero-order valence-corrected chi connectivity index (χ0v) is 11.3. The Balaban J connectivity index is 1.82. The summed E-state index contributed by atoms with van der Waals surface area (Å²) < 4.78 is 2.05. The molecule has 1 aromatic heterocycles. The normalized spacial score (nSPS) is 24.3. The maximum absolute atomic E-state index is 12.5. The molecule has 2 fully saturated rings. The number of rotatable bonds is 2. The Bertz CT molecular complexity index is 467. The van der Waals surface area contributed by atoms with Crippen molar-refractivity contribution in [2.75, 3.05) is 19.6 Å². The SMILES string of the molecule is CC1CN(C(=O)c2cc(Cl)cn2C2CC2)CCN1. The lowest BCUT2D eigenvalue weighted by atomic mass is 10.2. The van der Waals surface area contributed by atoms with E-state index in [1.165, 1.54) is 0 Å². The second-order valence-corrected chi connectivity index (χ2v) is 5.72. The fourth-order valence-electron chi connectivity index (χ4n) is 2.55. The lowest BCUT2D eigenvalue weighted by Crippen LogP contribution is -2.51. The minimum Gasteiger partial charge on any atom is -0.339 e.